The molecule has 1 N–H and O–H groups in total. The van der Waals surface area contributed by atoms with Gasteiger partial charge in [0.1, 0.15) is 5.82 Å². The van der Waals surface area contributed by atoms with Crippen LogP contribution in [0, 0.1) is 5.92 Å². The summed E-state index contributed by atoms with van der Waals surface area (Å²) in [6.07, 6.45) is 3.39. The highest BCUT2D eigenvalue weighted by Crippen LogP contribution is 2.19. The minimum Gasteiger partial charge on any atom is -0.379 e. The van der Waals surface area contributed by atoms with Crippen LogP contribution in [0.5, 0.6) is 0 Å². The molecule has 0 saturated carbocycles. The SMILES string of the molecule is CN=C(NCc1ccnc(N2CCOC(C)C2)c1)N1CCC(CN2CCOCC2)C1.I. The minimum absolute atomic E-state index is 0. The van der Waals surface area contributed by atoms with Crippen LogP contribution in [-0.4, -0.2) is 99.5 Å². The zero-order valence-corrected chi connectivity index (χ0v) is 21.2. The van der Waals surface area contributed by atoms with Crippen molar-refractivity contribution in [1.29, 1.82) is 0 Å². The zero-order chi connectivity index (χ0) is 20.8. The second-order valence-corrected chi connectivity index (χ2v) is 8.56. The van der Waals surface area contributed by atoms with Gasteiger partial charge in [-0.05, 0) is 37.0 Å². The van der Waals surface area contributed by atoms with Gasteiger partial charge in [0.25, 0.3) is 0 Å². The molecule has 2 atom stereocenters. The molecule has 3 fully saturated rings. The van der Waals surface area contributed by atoms with E-state index in [1.54, 1.807) is 0 Å². The fourth-order valence-corrected chi connectivity index (χ4v) is 4.61. The van der Waals surface area contributed by atoms with E-state index in [1.165, 1.54) is 18.5 Å². The molecule has 4 rings (SSSR count). The van der Waals surface area contributed by atoms with Crippen molar-refractivity contribution < 1.29 is 9.47 Å². The van der Waals surface area contributed by atoms with E-state index in [0.29, 0.717) is 5.92 Å². The third-order valence-corrected chi connectivity index (χ3v) is 6.24. The molecule has 4 heterocycles. The number of nitrogens with zero attached hydrogens (tertiary/aromatic N) is 5. The molecule has 0 radical (unpaired) electrons. The summed E-state index contributed by atoms with van der Waals surface area (Å²) in [6.45, 7) is 12.6. The normalized spacial score (nSPS) is 25.4. The number of aromatic nitrogens is 1. The van der Waals surface area contributed by atoms with Gasteiger partial charge in [0.2, 0.25) is 0 Å². The number of likely N-dealkylation sites (tertiary alicyclic amines) is 1. The van der Waals surface area contributed by atoms with Crippen LogP contribution in [0.3, 0.4) is 0 Å². The average Bonchev–Trinajstić information content (AvgIpc) is 3.23. The number of halogens is 1. The van der Waals surface area contributed by atoms with Gasteiger partial charge in [-0.2, -0.15) is 0 Å². The largest absolute Gasteiger partial charge is 0.379 e. The lowest BCUT2D eigenvalue weighted by Crippen LogP contribution is -2.42. The number of hydrogen-bond donors (Lipinski definition) is 1. The third kappa shape index (κ3) is 6.90. The van der Waals surface area contributed by atoms with Gasteiger partial charge in [0.05, 0.1) is 25.9 Å². The van der Waals surface area contributed by atoms with E-state index in [1.807, 2.05) is 13.2 Å². The van der Waals surface area contributed by atoms with E-state index >= 15 is 0 Å². The summed E-state index contributed by atoms with van der Waals surface area (Å²) in [5.74, 6) is 2.74. The highest BCUT2D eigenvalue weighted by atomic mass is 127. The molecule has 3 saturated heterocycles. The Labute approximate surface area is 203 Å². The Morgan fingerprint density at radius 1 is 1.19 bits per heavy atom. The van der Waals surface area contributed by atoms with Crippen LogP contribution in [0.4, 0.5) is 5.82 Å². The summed E-state index contributed by atoms with van der Waals surface area (Å²) in [6, 6.07) is 4.27. The number of ether oxygens (including phenoxy) is 2. The number of nitrogens with one attached hydrogen (secondary N) is 1. The van der Waals surface area contributed by atoms with E-state index in [-0.39, 0.29) is 30.1 Å². The summed E-state index contributed by atoms with van der Waals surface area (Å²) in [5.41, 5.74) is 1.23. The van der Waals surface area contributed by atoms with Crippen LogP contribution in [0.15, 0.2) is 23.3 Å². The molecule has 174 valence electrons. The predicted molar refractivity (Wildman–Crippen MR) is 134 cm³/mol. The lowest BCUT2D eigenvalue weighted by Gasteiger charge is -2.32. The van der Waals surface area contributed by atoms with Gasteiger partial charge in [0.15, 0.2) is 5.96 Å². The quantitative estimate of drug-likeness (QED) is 0.344. The van der Waals surface area contributed by atoms with E-state index < -0.39 is 0 Å². The fraction of sp³-hybridized carbons (Fsp3) is 0.727. The maximum absolute atomic E-state index is 5.65. The van der Waals surface area contributed by atoms with Gasteiger partial charge in [-0.3, -0.25) is 9.89 Å². The molecule has 8 nitrogen and oxygen atoms in total. The van der Waals surface area contributed by atoms with E-state index in [2.05, 4.69) is 49.0 Å². The molecule has 3 aliphatic rings. The Hall–Kier alpha value is -1.17. The molecule has 0 bridgehead atoms. The van der Waals surface area contributed by atoms with Crippen LogP contribution in [0.1, 0.15) is 18.9 Å². The number of rotatable bonds is 5. The van der Waals surface area contributed by atoms with Gasteiger partial charge < -0.3 is 24.6 Å². The van der Waals surface area contributed by atoms with Crippen LogP contribution >= 0.6 is 24.0 Å². The van der Waals surface area contributed by atoms with Crippen molar-refractivity contribution in [3.8, 4) is 0 Å². The van der Waals surface area contributed by atoms with E-state index in [4.69, 9.17) is 9.47 Å². The maximum Gasteiger partial charge on any atom is 0.193 e. The monoisotopic (exact) mass is 544 g/mol. The highest BCUT2D eigenvalue weighted by molar-refractivity contribution is 14.0. The number of pyridine rings is 1. The molecule has 1 aromatic rings. The summed E-state index contributed by atoms with van der Waals surface area (Å²) in [4.78, 5) is 16.4. The van der Waals surface area contributed by atoms with Crippen LogP contribution in [-0.2, 0) is 16.0 Å². The van der Waals surface area contributed by atoms with E-state index in [9.17, 15) is 0 Å². The topological polar surface area (TPSA) is 65.5 Å². The van der Waals surface area contributed by atoms with Crippen molar-refractivity contribution in [3.63, 3.8) is 0 Å². The molecule has 2 unspecified atom stereocenters. The molecular weight excluding hydrogens is 507 g/mol. The van der Waals surface area contributed by atoms with Crippen LogP contribution in [0.2, 0.25) is 0 Å². The zero-order valence-electron chi connectivity index (χ0n) is 18.8. The number of morpholine rings is 2. The lowest BCUT2D eigenvalue weighted by molar-refractivity contribution is 0.0315. The number of anilines is 1. The van der Waals surface area contributed by atoms with Crippen molar-refractivity contribution in [2.45, 2.75) is 26.0 Å². The first-order valence-electron chi connectivity index (χ1n) is 11.3. The molecule has 1 aromatic heterocycles. The first kappa shape index (κ1) is 24.5. The summed E-state index contributed by atoms with van der Waals surface area (Å²) in [7, 11) is 1.88. The summed E-state index contributed by atoms with van der Waals surface area (Å²) < 4.78 is 11.1. The molecule has 0 amide bonds. The molecular formula is C22H37IN6O2. The molecule has 0 aliphatic carbocycles. The Morgan fingerprint density at radius 3 is 2.81 bits per heavy atom. The maximum atomic E-state index is 5.65. The molecule has 3 aliphatic heterocycles. The lowest BCUT2D eigenvalue weighted by atomic mass is 10.1. The first-order valence-corrected chi connectivity index (χ1v) is 11.3. The molecule has 0 spiro atoms. The minimum atomic E-state index is 0. The standard InChI is InChI=1S/C22H36N6O2.HI/c1-18-15-27(9-12-30-18)21-13-19(3-5-24-21)14-25-22(23-2)28-6-4-20(17-28)16-26-7-10-29-11-8-26;/h3,5,13,18,20H,4,6-12,14-17H2,1-2H3,(H,23,25);1H. The van der Waals surface area contributed by atoms with Crippen LogP contribution < -0.4 is 10.2 Å². The van der Waals surface area contributed by atoms with Crippen molar-refractivity contribution >= 4 is 35.8 Å². The number of hydrogen-bond acceptors (Lipinski definition) is 6. The van der Waals surface area contributed by atoms with Gasteiger partial charge in [-0.15, -0.1) is 24.0 Å². The van der Waals surface area contributed by atoms with Gasteiger partial charge in [-0.1, -0.05) is 0 Å². The predicted octanol–water partition coefficient (Wildman–Crippen LogP) is 1.65. The number of guanidine groups is 1. The first-order chi connectivity index (χ1) is 14.7. The highest BCUT2D eigenvalue weighted by Gasteiger charge is 2.27. The Bertz CT molecular complexity index is 715. The fourth-order valence-electron chi connectivity index (χ4n) is 4.61. The Morgan fingerprint density at radius 2 is 2.03 bits per heavy atom. The number of aliphatic imine (C=N–C) groups is 1. The van der Waals surface area contributed by atoms with Crippen molar-refractivity contribution in [2.75, 3.05) is 77.6 Å². The second-order valence-electron chi connectivity index (χ2n) is 8.56. The third-order valence-electron chi connectivity index (χ3n) is 6.24. The summed E-state index contributed by atoms with van der Waals surface area (Å²) >= 11 is 0. The van der Waals surface area contributed by atoms with Crippen molar-refractivity contribution in [3.05, 3.63) is 23.9 Å². The van der Waals surface area contributed by atoms with Gasteiger partial charge in [0, 0.05) is 65.6 Å². The Kier molecular flexibility index (Phi) is 9.61. The second kappa shape index (κ2) is 12.2. The van der Waals surface area contributed by atoms with Crippen LogP contribution in [0.25, 0.3) is 0 Å². The molecule has 9 heteroatoms. The van der Waals surface area contributed by atoms with Gasteiger partial charge in [-0.25, -0.2) is 4.98 Å². The molecule has 0 aromatic carbocycles. The Balaban J connectivity index is 0.00000272. The van der Waals surface area contributed by atoms with Gasteiger partial charge >= 0.3 is 0 Å². The smallest absolute Gasteiger partial charge is 0.193 e. The summed E-state index contributed by atoms with van der Waals surface area (Å²) in [5, 5.41) is 3.56. The van der Waals surface area contributed by atoms with Crippen molar-refractivity contribution in [1.82, 2.24) is 20.1 Å². The van der Waals surface area contributed by atoms with Crippen molar-refractivity contribution in [2.24, 2.45) is 10.9 Å². The average molecular weight is 544 g/mol. The molecule has 31 heavy (non-hydrogen) atoms. The van der Waals surface area contributed by atoms with E-state index in [0.717, 1.165) is 77.4 Å².